The number of fused-ring (bicyclic) bond motifs is 1. The Morgan fingerprint density at radius 2 is 2.05 bits per heavy atom. The molecule has 21 heavy (non-hydrogen) atoms. The third kappa shape index (κ3) is 3.25. The molecule has 0 fully saturated rings. The molecule has 1 amide bonds. The van der Waals surface area contributed by atoms with E-state index in [1.54, 1.807) is 4.90 Å². The normalized spacial score (nSPS) is 15.0. The van der Waals surface area contributed by atoms with Gasteiger partial charge in [-0.05, 0) is 41.0 Å². The van der Waals surface area contributed by atoms with Crippen LogP contribution in [0.3, 0.4) is 0 Å². The third-order valence-corrected chi connectivity index (χ3v) is 3.37. The highest BCUT2D eigenvalue weighted by Crippen LogP contribution is 2.25. The van der Waals surface area contributed by atoms with Crippen molar-refractivity contribution >= 4 is 12.4 Å². The average Bonchev–Trinajstić information content (AvgIpc) is 2.74. The Labute approximate surface area is 125 Å². The molecule has 1 aromatic rings. The third-order valence-electron chi connectivity index (χ3n) is 3.37. The maximum absolute atomic E-state index is 12.2. The van der Waals surface area contributed by atoms with E-state index in [9.17, 15) is 9.59 Å². The van der Waals surface area contributed by atoms with Gasteiger partial charge in [-0.2, -0.15) is 5.10 Å². The quantitative estimate of drug-likeness (QED) is 0.786. The summed E-state index contributed by atoms with van der Waals surface area (Å²) in [5.74, 6) is 0. The average molecular weight is 293 g/mol. The van der Waals surface area contributed by atoms with Crippen LogP contribution in [0.2, 0.25) is 0 Å². The van der Waals surface area contributed by atoms with Crippen molar-refractivity contribution in [3.63, 3.8) is 0 Å². The lowest BCUT2D eigenvalue weighted by Crippen LogP contribution is -2.40. The second-order valence-corrected chi connectivity index (χ2v) is 6.62. The fraction of sp³-hybridized carbons (Fsp3) is 0.667. The Bertz CT molecular complexity index is 555. The number of ether oxygens (including phenoxy) is 1. The van der Waals surface area contributed by atoms with Crippen molar-refractivity contribution in [3.8, 4) is 0 Å². The minimum absolute atomic E-state index is 0.144. The standard InChI is InChI=1S/C15H23N3O3/c1-10(2)18-13-8-17(14(20)21-15(3,4)5)7-6-11(13)12(9-19)16-18/h9-10H,6-8H2,1-5H3. The maximum atomic E-state index is 12.2. The lowest BCUT2D eigenvalue weighted by atomic mass is 10.0. The Kier molecular flexibility index (Phi) is 4.07. The van der Waals surface area contributed by atoms with Gasteiger partial charge in [-0.25, -0.2) is 4.79 Å². The summed E-state index contributed by atoms with van der Waals surface area (Å²) in [6.07, 6.45) is 1.10. The first-order chi connectivity index (χ1) is 9.73. The van der Waals surface area contributed by atoms with Crippen molar-refractivity contribution in [1.82, 2.24) is 14.7 Å². The zero-order valence-corrected chi connectivity index (χ0v) is 13.3. The summed E-state index contributed by atoms with van der Waals surface area (Å²) in [7, 11) is 0. The number of carbonyl (C=O) groups is 2. The molecule has 6 nitrogen and oxygen atoms in total. The molecule has 2 rings (SSSR count). The molecule has 0 atom stereocenters. The van der Waals surface area contributed by atoms with E-state index in [0.29, 0.717) is 25.2 Å². The lowest BCUT2D eigenvalue weighted by molar-refractivity contribution is 0.0218. The van der Waals surface area contributed by atoms with Crippen LogP contribution in [-0.2, 0) is 17.7 Å². The van der Waals surface area contributed by atoms with Gasteiger partial charge in [-0.15, -0.1) is 0 Å². The highest BCUT2D eigenvalue weighted by atomic mass is 16.6. The van der Waals surface area contributed by atoms with Crippen LogP contribution >= 0.6 is 0 Å². The van der Waals surface area contributed by atoms with Crippen molar-refractivity contribution in [2.45, 2.75) is 59.2 Å². The number of aromatic nitrogens is 2. The van der Waals surface area contributed by atoms with Gasteiger partial charge >= 0.3 is 6.09 Å². The van der Waals surface area contributed by atoms with Gasteiger partial charge in [-0.3, -0.25) is 9.48 Å². The van der Waals surface area contributed by atoms with Crippen LogP contribution in [0.25, 0.3) is 0 Å². The first-order valence-electron chi connectivity index (χ1n) is 7.26. The minimum atomic E-state index is -0.510. The van der Waals surface area contributed by atoms with E-state index in [0.717, 1.165) is 17.5 Å². The van der Waals surface area contributed by atoms with Crippen molar-refractivity contribution in [3.05, 3.63) is 17.0 Å². The number of hydrogen-bond acceptors (Lipinski definition) is 4. The van der Waals surface area contributed by atoms with Gasteiger partial charge in [0.15, 0.2) is 6.29 Å². The molecular weight excluding hydrogens is 270 g/mol. The number of aldehydes is 1. The van der Waals surface area contributed by atoms with Crippen molar-refractivity contribution in [2.75, 3.05) is 6.54 Å². The first kappa shape index (κ1) is 15.5. The molecule has 2 heterocycles. The van der Waals surface area contributed by atoms with Crippen LogP contribution in [0.5, 0.6) is 0 Å². The van der Waals surface area contributed by atoms with E-state index in [4.69, 9.17) is 4.74 Å². The number of nitrogens with zero attached hydrogens (tertiary/aromatic N) is 3. The minimum Gasteiger partial charge on any atom is -0.444 e. The van der Waals surface area contributed by atoms with E-state index in [-0.39, 0.29) is 12.1 Å². The van der Waals surface area contributed by atoms with Gasteiger partial charge < -0.3 is 9.64 Å². The van der Waals surface area contributed by atoms with Gasteiger partial charge in [0, 0.05) is 18.2 Å². The molecule has 0 bridgehead atoms. The molecule has 0 aliphatic carbocycles. The second kappa shape index (κ2) is 5.50. The van der Waals surface area contributed by atoms with E-state index in [1.165, 1.54) is 0 Å². The number of rotatable bonds is 2. The van der Waals surface area contributed by atoms with E-state index in [2.05, 4.69) is 5.10 Å². The molecule has 0 saturated heterocycles. The van der Waals surface area contributed by atoms with Gasteiger partial charge in [0.1, 0.15) is 11.3 Å². The fourth-order valence-electron chi connectivity index (χ4n) is 2.47. The maximum Gasteiger partial charge on any atom is 0.410 e. The van der Waals surface area contributed by atoms with Crippen LogP contribution in [0, 0.1) is 0 Å². The number of amides is 1. The highest BCUT2D eigenvalue weighted by Gasteiger charge is 2.30. The van der Waals surface area contributed by atoms with E-state index in [1.807, 2.05) is 39.3 Å². The number of carbonyl (C=O) groups excluding carboxylic acids is 2. The van der Waals surface area contributed by atoms with Crippen LogP contribution in [-0.4, -0.2) is 39.2 Å². The van der Waals surface area contributed by atoms with Gasteiger partial charge in [0.2, 0.25) is 0 Å². The molecule has 0 radical (unpaired) electrons. The Hall–Kier alpha value is -1.85. The van der Waals surface area contributed by atoms with Crippen LogP contribution in [0.4, 0.5) is 4.79 Å². The molecule has 0 spiro atoms. The van der Waals surface area contributed by atoms with Gasteiger partial charge in [-0.1, -0.05) is 0 Å². The van der Waals surface area contributed by atoms with Crippen molar-refractivity contribution in [1.29, 1.82) is 0 Å². The summed E-state index contributed by atoms with van der Waals surface area (Å²) in [5, 5.41) is 4.35. The molecule has 0 aromatic carbocycles. The Balaban J connectivity index is 2.25. The molecule has 1 aliphatic heterocycles. The number of hydrogen-bond donors (Lipinski definition) is 0. The zero-order chi connectivity index (χ0) is 15.8. The predicted molar refractivity (Wildman–Crippen MR) is 78.3 cm³/mol. The van der Waals surface area contributed by atoms with Crippen LogP contribution in [0.15, 0.2) is 0 Å². The summed E-state index contributed by atoms with van der Waals surface area (Å²) in [5.41, 5.74) is 1.87. The van der Waals surface area contributed by atoms with E-state index >= 15 is 0 Å². The predicted octanol–water partition coefficient (Wildman–Crippen LogP) is 2.57. The highest BCUT2D eigenvalue weighted by molar-refractivity contribution is 5.75. The molecule has 1 aromatic heterocycles. The smallest absolute Gasteiger partial charge is 0.410 e. The summed E-state index contributed by atoms with van der Waals surface area (Å²) < 4.78 is 7.24. The lowest BCUT2D eigenvalue weighted by Gasteiger charge is -2.30. The zero-order valence-electron chi connectivity index (χ0n) is 13.3. The topological polar surface area (TPSA) is 64.4 Å². The molecule has 116 valence electrons. The SMILES string of the molecule is CC(C)n1nc(C=O)c2c1CN(C(=O)OC(C)(C)C)CC2. The summed E-state index contributed by atoms with van der Waals surface area (Å²) in [4.78, 5) is 25.0. The summed E-state index contributed by atoms with van der Waals surface area (Å²) in [6.45, 7) is 10.5. The molecule has 0 unspecified atom stereocenters. The monoisotopic (exact) mass is 293 g/mol. The Morgan fingerprint density at radius 1 is 1.38 bits per heavy atom. The van der Waals surface area contributed by atoms with Crippen molar-refractivity contribution in [2.24, 2.45) is 0 Å². The molecule has 0 saturated carbocycles. The molecule has 0 N–H and O–H groups in total. The van der Waals surface area contributed by atoms with Gasteiger partial charge in [0.05, 0.1) is 12.2 Å². The van der Waals surface area contributed by atoms with Crippen LogP contribution < -0.4 is 0 Å². The molecular formula is C15H23N3O3. The first-order valence-corrected chi connectivity index (χ1v) is 7.26. The van der Waals surface area contributed by atoms with Crippen molar-refractivity contribution < 1.29 is 14.3 Å². The molecule has 6 heteroatoms. The largest absolute Gasteiger partial charge is 0.444 e. The van der Waals surface area contributed by atoms with Gasteiger partial charge in [0.25, 0.3) is 0 Å². The van der Waals surface area contributed by atoms with Crippen LogP contribution in [0.1, 0.15) is 62.4 Å². The Morgan fingerprint density at radius 3 is 2.57 bits per heavy atom. The fourth-order valence-corrected chi connectivity index (χ4v) is 2.47. The summed E-state index contributed by atoms with van der Waals surface area (Å²) >= 11 is 0. The molecule has 1 aliphatic rings. The second-order valence-electron chi connectivity index (χ2n) is 6.62. The van der Waals surface area contributed by atoms with E-state index < -0.39 is 5.60 Å². The summed E-state index contributed by atoms with van der Waals surface area (Å²) in [6, 6.07) is 0.144.